The van der Waals surface area contributed by atoms with Gasteiger partial charge >= 0.3 is 0 Å². The van der Waals surface area contributed by atoms with Crippen LogP contribution in [0.4, 0.5) is 0 Å². The molecule has 2 aromatic carbocycles. The second-order valence-corrected chi connectivity index (χ2v) is 10.1. The van der Waals surface area contributed by atoms with Crippen LogP contribution in [0.2, 0.25) is 0 Å². The van der Waals surface area contributed by atoms with Crippen molar-refractivity contribution in [1.82, 2.24) is 0 Å². The van der Waals surface area contributed by atoms with Gasteiger partial charge in [0.1, 0.15) is 0 Å². The van der Waals surface area contributed by atoms with Gasteiger partial charge in [0, 0.05) is 16.9 Å². The summed E-state index contributed by atoms with van der Waals surface area (Å²) in [6.45, 7) is 23.0. The maximum Gasteiger partial charge on any atom is 0.168 e. The highest BCUT2D eigenvalue weighted by Crippen LogP contribution is 2.50. The van der Waals surface area contributed by atoms with E-state index in [-0.39, 0.29) is 23.0 Å². The average molecular weight is 472 g/mol. The molecule has 0 aliphatic heterocycles. The Kier molecular flexibility index (Phi) is 11.4. The fourth-order valence-corrected chi connectivity index (χ4v) is 5.14. The minimum absolute atomic E-state index is 0.0635. The number of rotatable bonds is 6. The summed E-state index contributed by atoms with van der Waals surface area (Å²) in [6, 6.07) is 22.6. The number of allylic oxidation sites excluding steroid dienone is 3. The summed E-state index contributed by atoms with van der Waals surface area (Å²) >= 11 is 0. The van der Waals surface area contributed by atoms with Crippen molar-refractivity contribution in [3.63, 3.8) is 0 Å². The highest BCUT2D eigenvalue weighted by atomic mass is 16.1. The molecule has 3 rings (SSSR count). The lowest BCUT2D eigenvalue weighted by Gasteiger charge is -2.42. The summed E-state index contributed by atoms with van der Waals surface area (Å²) in [6.07, 6.45) is 1.40. The van der Waals surface area contributed by atoms with Crippen molar-refractivity contribution in [1.29, 1.82) is 5.26 Å². The van der Waals surface area contributed by atoms with Crippen LogP contribution in [0.1, 0.15) is 98.1 Å². The van der Waals surface area contributed by atoms with Crippen molar-refractivity contribution >= 4 is 5.78 Å². The van der Waals surface area contributed by atoms with E-state index in [4.69, 9.17) is 0 Å². The van der Waals surface area contributed by atoms with Crippen LogP contribution in [-0.2, 0) is 4.79 Å². The Hall–Kier alpha value is -2.92. The molecule has 2 heteroatoms. The van der Waals surface area contributed by atoms with E-state index in [0.717, 1.165) is 34.3 Å². The van der Waals surface area contributed by atoms with Crippen LogP contribution < -0.4 is 0 Å². The minimum Gasteiger partial charge on any atom is -0.294 e. The molecule has 0 fully saturated rings. The summed E-state index contributed by atoms with van der Waals surface area (Å²) in [4.78, 5) is 13.4. The Morgan fingerprint density at radius 3 is 1.80 bits per heavy atom. The third-order valence-electron chi connectivity index (χ3n) is 6.86. The van der Waals surface area contributed by atoms with Gasteiger partial charge in [-0.05, 0) is 41.9 Å². The van der Waals surface area contributed by atoms with Crippen LogP contribution in [0.3, 0.4) is 0 Å². The van der Waals surface area contributed by atoms with Crippen molar-refractivity contribution in [3.05, 3.63) is 95.1 Å². The standard InChI is InChI=1S/C29H33NO.2C2H6/c1-20(26-21(2)28(3,4)19-29(5,6)27(26)31)17-24(22-13-9-7-10-14-22)25(18-30)23-15-11-8-12-16-23;2*1-2/h7-16,24-25H,1,17,19H2,2-6H3;2*1-2H3. The topological polar surface area (TPSA) is 40.9 Å². The van der Waals surface area contributed by atoms with Crippen LogP contribution in [-0.4, -0.2) is 5.78 Å². The van der Waals surface area contributed by atoms with E-state index >= 15 is 0 Å². The second-order valence-electron chi connectivity index (χ2n) is 10.1. The van der Waals surface area contributed by atoms with E-state index in [9.17, 15) is 10.1 Å². The minimum atomic E-state index is -0.419. The molecule has 35 heavy (non-hydrogen) atoms. The first kappa shape index (κ1) is 30.1. The summed E-state index contributed by atoms with van der Waals surface area (Å²) in [5, 5.41) is 10.1. The van der Waals surface area contributed by atoms with Crippen LogP contribution >= 0.6 is 0 Å². The number of carbonyl (C=O) groups is 1. The Labute approximate surface area is 214 Å². The fourth-order valence-electron chi connectivity index (χ4n) is 5.14. The summed E-state index contributed by atoms with van der Waals surface area (Å²) < 4.78 is 0. The van der Waals surface area contributed by atoms with Gasteiger partial charge in [-0.3, -0.25) is 4.79 Å². The quantitative estimate of drug-likeness (QED) is 0.421. The lowest BCUT2D eigenvalue weighted by Crippen LogP contribution is -2.39. The van der Waals surface area contributed by atoms with E-state index in [1.807, 2.05) is 90.1 Å². The van der Waals surface area contributed by atoms with Crippen molar-refractivity contribution in [2.45, 2.75) is 87.0 Å². The lowest BCUT2D eigenvalue weighted by atomic mass is 9.60. The van der Waals surface area contributed by atoms with E-state index in [1.165, 1.54) is 0 Å². The molecule has 0 heterocycles. The third kappa shape index (κ3) is 7.04. The molecular formula is C33H45NO. The summed E-state index contributed by atoms with van der Waals surface area (Å²) in [5.74, 6) is -0.224. The van der Waals surface area contributed by atoms with E-state index in [2.05, 4.69) is 45.6 Å². The van der Waals surface area contributed by atoms with Gasteiger partial charge in [0.15, 0.2) is 5.78 Å². The zero-order chi connectivity index (χ0) is 26.8. The largest absolute Gasteiger partial charge is 0.294 e. The van der Waals surface area contributed by atoms with E-state index in [0.29, 0.717) is 6.42 Å². The average Bonchev–Trinajstić information content (AvgIpc) is 2.86. The molecule has 0 amide bonds. The Morgan fingerprint density at radius 1 is 0.886 bits per heavy atom. The molecule has 1 aliphatic carbocycles. The maximum atomic E-state index is 13.4. The first-order valence-corrected chi connectivity index (χ1v) is 13.0. The number of Topliss-reactive ketones (excluding diaryl/α,β-unsaturated/α-hetero) is 1. The fraction of sp³-hybridized carbons (Fsp3) is 0.455. The number of hydrogen-bond donors (Lipinski definition) is 0. The maximum absolute atomic E-state index is 13.4. The van der Waals surface area contributed by atoms with Crippen molar-refractivity contribution in [3.8, 4) is 6.07 Å². The first-order chi connectivity index (χ1) is 16.6. The molecule has 0 saturated heterocycles. The van der Waals surface area contributed by atoms with E-state index < -0.39 is 5.41 Å². The molecule has 0 spiro atoms. The molecule has 1 aliphatic rings. The van der Waals surface area contributed by atoms with Gasteiger partial charge in [0.25, 0.3) is 0 Å². The van der Waals surface area contributed by atoms with Gasteiger partial charge in [-0.1, -0.05) is 128 Å². The number of nitrogens with zero attached hydrogens (tertiary/aromatic N) is 1. The monoisotopic (exact) mass is 471 g/mol. The number of nitriles is 1. The van der Waals surface area contributed by atoms with Gasteiger partial charge in [-0.25, -0.2) is 0 Å². The van der Waals surface area contributed by atoms with Gasteiger partial charge in [0.05, 0.1) is 12.0 Å². The molecule has 2 unspecified atom stereocenters. The highest BCUT2D eigenvalue weighted by Gasteiger charge is 2.44. The normalized spacial score (nSPS) is 17.5. The molecule has 2 aromatic rings. The van der Waals surface area contributed by atoms with Gasteiger partial charge in [0.2, 0.25) is 0 Å². The smallest absolute Gasteiger partial charge is 0.168 e. The molecule has 2 nitrogen and oxygen atoms in total. The number of ketones is 1. The Bertz CT molecular complexity index is 1040. The molecule has 0 bridgehead atoms. The van der Waals surface area contributed by atoms with Crippen LogP contribution in [0.15, 0.2) is 84.0 Å². The summed E-state index contributed by atoms with van der Waals surface area (Å²) in [5.41, 5.74) is 4.35. The predicted molar refractivity (Wildman–Crippen MR) is 150 cm³/mol. The van der Waals surface area contributed by atoms with Gasteiger partial charge in [-0.15, -0.1) is 0 Å². The predicted octanol–water partition coefficient (Wildman–Crippen LogP) is 9.42. The van der Waals surface area contributed by atoms with Gasteiger partial charge in [-0.2, -0.15) is 5.26 Å². The zero-order valence-corrected chi connectivity index (χ0v) is 23.4. The molecular weight excluding hydrogens is 426 g/mol. The van der Waals surface area contributed by atoms with Crippen LogP contribution in [0.5, 0.6) is 0 Å². The summed E-state index contributed by atoms with van der Waals surface area (Å²) in [7, 11) is 0. The van der Waals surface area contributed by atoms with Gasteiger partial charge < -0.3 is 0 Å². The molecule has 0 N–H and O–H groups in total. The first-order valence-electron chi connectivity index (χ1n) is 13.0. The number of hydrogen-bond acceptors (Lipinski definition) is 2. The van der Waals surface area contributed by atoms with Crippen LogP contribution in [0, 0.1) is 22.2 Å². The van der Waals surface area contributed by atoms with Crippen molar-refractivity contribution in [2.75, 3.05) is 0 Å². The SMILES string of the molecule is C=C(CC(c1ccccc1)C(C#N)c1ccccc1)C1=C(C)C(C)(C)CC(C)(C)C1=O.CC.CC. The molecule has 2 atom stereocenters. The van der Waals surface area contributed by atoms with Crippen molar-refractivity contribution in [2.24, 2.45) is 10.8 Å². The number of carbonyl (C=O) groups excluding carboxylic acids is 1. The van der Waals surface area contributed by atoms with E-state index in [1.54, 1.807) is 0 Å². The van der Waals surface area contributed by atoms with Crippen molar-refractivity contribution < 1.29 is 4.79 Å². The van der Waals surface area contributed by atoms with Crippen LogP contribution in [0.25, 0.3) is 0 Å². The molecule has 0 aromatic heterocycles. The Morgan fingerprint density at radius 2 is 1.34 bits per heavy atom. The number of benzene rings is 2. The highest BCUT2D eigenvalue weighted by molar-refractivity contribution is 6.04. The molecule has 0 radical (unpaired) electrons. The third-order valence-corrected chi connectivity index (χ3v) is 6.86. The Balaban J connectivity index is 0.00000145. The second kappa shape index (κ2) is 13.2. The zero-order valence-electron chi connectivity index (χ0n) is 23.4. The lowest BCUT2D eigenvalue weighted by molar-refractivity contribution is -0.125. The molecule has 188 valence electrons. The molecule has 0 saturated carbocycles.